The van der Waals surface area contributed by atoms with Gasteiger partial charge in [-0.05, 0) is 6.92 Å². The first kappa shape index (κ1) is 7.65. The molecule has 4 nitrogen and oxygen atoms in total. The van der Waals surface area contributed by atoms with Gasteiger partial charge in [-0.3, -0.25) is 0 Å². The lowest BCUT2D eigenvalue weighted by molar-refractivity contribution is -0.170. The molecule has 1 aliphatic rings. The predicted octanol–water partition coefficient (Wildman–Crippen LogP) is -1.12. The van der Waals surface area contributed by atoms with E-state index in [0.717, 1.165) is 0 Å². The Kier molecular flexibility index (Phi) is 2.37. The number of aliphatic hydroxyl groups excluding tert-OH is 1. The number of rotatable bonds is 1. The topological polar surface area (TPSA) is 58.6 Å². The van der Waals surface area contributed by atoms with Gasteiger partial charge in [0.15, 0.2) is 6.29 Å². The van der Waals surface area contributed by atoms with Gasteiger partial charge < -0.3 is 20.0 Å². The van der Waals surface area contributed by atoms with Crippen LogP contribution < -0.4 is 5.32 Å². The van der Waals surface area contributed by atoms with Gasteiger partial charge >= 0.3 is 0 Å². The van der Waals surface area contributed by atoms with E-state index in [4.69, 9.17) is 9.84 Å². The quantitative estimate of drug-likeness (QED) is 0.459. The molecule has 3 unspecified atom stereocenters. The fourth-order valence-electron chi connectivity index (χ4n) is 0.889. The Bertz CT molecular complexity index is 128. The number of carbonyl (C=O) groups excluding carboxylic acids is 1. The van der Waals surface area contributed by atoms with E-state index < -0.39 is 12.3 Å². The summed E-state index contributed by atoms with van der Waals surface area (Å²) in [6.45, 7) is 2.44. The van der Waals surface area contributed by atoms with Crippen molar-refractivity contribution in [3.05, 3.63) is 0 Å². The van der Waals surface area contributed by atoms with E-state index in [-0.39, 0.29) is 6.10 Å². The Morgan fingerprint density at radius 3 is 3.00 bits per heavy atom. The average Bonchev–Trinajstić information content (AvgIpc) is 1.88. The van der Waals surface area contributed by atoms with Crippen LogP contribution >= 0.6 is 0 Å². The van der Waals surface area contributed by atoms with E-state index in [1.807, 2.05) is 6.92 Å². The Morgan fingerprint density at radius 1 is 1.80 bits per heavy atom. The molecular formula is C6H11NO3. The zero-order valence-electron chi connectivity index (χ0n) is 5.78. The third-order valence-corrected chi connectivity index (χ3v) is 1.47. The van der Waals surface area contributed by atoms with Crippen LogP contribution in [0.5, 0.6) is 0 Å². The van der Waals surface area contributed by atoms with Crippen LogP contribution in [0, 0.1) is 0 Å². The van der Waals surface area contributed by atoms with Crippen LogP contribution in [-0.4, -0.2) is 36.4 Å². The Balaban J connectivity index is 2.43. The van der Waals surface area contributed by atoms with Crippen LogP contribution in [0.1, 0.15) is 6.92 Å². The molecule has 0 saturated carbocycles. The maximum absolute atomic E-state index is 10.2. The van der Waals surface area contributed by atoms with Gasteiger partial charge in [0, 0.05) is 6.54 Å². The highest BCUT2D eigenvalue weighted by Gasteiger charge is 2.25. The Labute approximate surface area is 59.2 Å². The van der Waals surface area contributed by atoms with Gasteiger partial charge in [-0.2, -0.15) is 0 Å². The SMILES string of the molecule is CC1CNC(C=O)C(O)O1. The van der Waals surface area contributed by atoms with Crippen molar-refractivity contribution in [2.24, 2.45) is 0 Å². The van der Waals surface area contributed by atoms with Gasteiger partial charge in [-0.15, -0.1) is 0 Å². The van der Waals surface area contributed by atoms with Gasteiger partial charge in [0.2, 0.25) is 0 Å². The van der Waals surface area contributed by atoms with Gasteiger partial charge in [0.25, 0.3) is 0 Å². The van der Waals surface area contributed by atoms with Crippen LogP contribution in [0.15, 0.2) is 0 Å². The fourth-order valence-corrected chi connectivity index (χ4v) is 0.889. The second kappa shape index (κ2) is 3.09. The minimum absolute atomic E-state index is 0.0220. The molecule has 3 atom stereocenters. The summed E-state index contributed by atoms with van der Waals surface area (Å²) in [5.74, 6) is 0. The van der Waals surface area contributed by atoms with E-state index in [2.05, 4.69) is 5.32 Å². The molecule has 0 amide bonds. The van der Waals surface area contributed by atoms with Gasteiger partial charge in [0.05, 0.1) is 6.10 Å². The molecule has 10 heavy (non-hydrogen) atoms. The number of nitrogens with one attached hydrogen (secondary N) is 1. The van der Waals surface area contributed by atoms with E-state index in [1.54, 1.807) is 0 Å². The van der Waals surface area contributed by atoms with Crippen LogP contribution in [0.3, 0.4) is 0 Å². The van der Waals surface area contributed by atoms with E-state index >= 15 is 0 Å². The molecular weight excluding hydrogens is 134 g/mol. The van der Waals surface area contributed by atoms with Crippen molar-refractivity contribution in [3.63, 3.8) is 0 Å². The summed E-state index contributed by atoms with van der Waals surface area (Å²) in [5, 5.41) is 11.8. The summed E-state index contributed by atoms with van der Waals surface area (Å²) in [6.07, 6.45) is -0.358. The molecule has 1 aliphatic heterocycles. The van der Waals surface area contributed by atoms with E-state index in [9.17, 15) is 4.79 Å². The van der Waals surface area contributed by atoms with Crippen molar-refractivity contribution in [3.8, 4) is 0 Å². The standard InChI is InChI=1S/C6H11NO3/c1-4-2-7-5(3-8)6(9)10-4/h3-7,9H,2H2,1H3. The van der Waals surface area contributed by atoms with Crippen molar-refractivity contribution in [1.29, 1.82) is 0 Å². The number of ether oxygens (including phenoxy) is 1. The second-order valence-electron chi connectivity index (χ2n) is 2.41. The molecule has 0 aromatic carbocycles. The zero-order valence-corrected chi connectivity index (χ0v) is 5.78. The molecule has 0 aromatic rings. The molecule has 0 aromatic heterocycles. The molecule has 0 radical (unpaired) electrons. The van der Waals surface area contributed by atoms with Gasteiger partial charge in [-0.1, -0.05) is 0 Å². The summed E-state index contributed by atoms with van der Waals surface area (Å²) < 4.78 is 4.95. The monoisotopic (exact) mass is 145 g/mol. The lowest BCUT2D eigenvalue weighted by atomic mass is 10.2. The van der Waals surface area contributed by atoms with Crippen molar-refractivity contribution < 1.29 is 14.6 Å². The van der Waals surface area contributed by atoms with Crippen LogP contribution in [-0.2, 0) is 9.53 Å². The number of morpholine rings is 1. The lowest BCUT2D eigenvalue weighted by Crippen LogP contribution is -2.52. The molecule has 58 valence electrons. The molecule has 1 saturated heterocycles. The Morgan fingerprint density at radius 2 is 2.50 bits per heavy atom. The molecule has 1 heterocycles. The van der Waals surface area contributed by atoms with E-state index in [0.29, 0.717) is 12.8 Å². The van der Waals surface area contributed by atoms with Crippen molar-refractivity contribution in [1.82, 2.24) is 5.32 Å². The highest BCUT2D eigenvalue weighted by molar-refractivity contribution is 5.58. The van der Waals surface area contributed by atoms with Crippen molar-refractivity contribution in [2.45, 2.75) is 25.4 Å². The van der Waals surface area contributed by atoms with Crippen LogP contribution in [0.2, 0.25) is 0 Å². The molecule has 0 bridgehead atoms. The largest absolute Gasteiger partial charge is 0.366 e. The van der Waals surface area contributed by atoms with E-state index in [1.165, 1.54) is 0 Å². The average molecular weight is 145 g/mol. The number of carbonyl (C=O) groups is 1. The highest BCUT2D eigenvalue weighted by Crippen LogP contribution is 2.04. The molecule has 2 N–H and O–H groups in total. The number of hydrogen-bond acceptors (Lipinski definition) is 4. The Hall–Kier alpha value is -0.450. The number of aliphatic hydroxyl groups is 1. The van der Waals surface area contributed by atoms with Crippen molar-refractivity contribution >= 4 is 6.29 Å². The first-order chi connectivity index (χ1) is 4.74. The fraction of sp³-hybridized carbons (Fsp3) is 0.833. The zero-order chi connectivity index (χ0) is 7.56. The van der Waals surface area contributed by atoms with Gasteiger partial charge in [0.1, 0.15) is 12.3 Å². The predicted molar refractivity (Wildman–Crippen MR) is 34.4 cm³/mol. The third kappa shape index (κ3) is 1.53. The molecule has 4 heteroatoms. The molecule has 0 aliphatic carbocycles. The van der Waals surface area contributed by atoms with Crippen molar-refractivity contribution in [2.75, 3.05) is 6.54 Å². The lowest BCUT2D eigenvalue weighted by Gasteiger charge is -2.29. The highest BCUT2D eigenvalue weighted by atomic mass is 16.6. The second-order valence-corrected chi connectivity index (χ2v) is 2.41. The summed E-state index contributed by atoms with van der Waals surface area (Å²) in [7, 11) is 0. The smallest absolute Gasteiger partial charge is 0.177 e. The van der Waals surface area contributed by atoms with Crippen LogP contribution in [0.25, 0.3) is 0 Å². The molecule has 1 rings (SSSR count). The number of hydrogen-bond donors (Lipinski definition) is 2. The first-order valence-electron chi connectivity index (χ1n) is 3.26. The minimum atomic E-state index is -0.985. The van der Waals surface area contributed by atoms with Crippen LogP contribution in [0.4, 0.5) is 0 Å². The summed E-state index contributed by atoms with van der Waals surface area (Å²) in [5.41, 5.74) is 0. The maximum atomic E-state index is 10.2. The maximum Gasteiger partial charge on any atom is 0.177 e. The number of aldehydes is 1. The first-order valence-corrected chi connectivity index (χ1v) is 3.26. The van der Waals surface area contributed by atoms with Gasteiger partial charge in [-0.25, -0.2) is 0 Å². The molecule has 1 fully saturated rings. The third-order valence-electron chi connectivity index (χ3n) is 1.47. The summed E-state index contributed by atoms with van der Waals surface area (Å²) in [6, 6.07) is -0.559. The molecule has 0 spiro atoms. The minimum Gasteiger partial charge on any atom is -0.366 e. The summed E-state index contributed by atoms with van der Waals surface area (Å²) in [4.78, 5) is 10.2. The summed E-state index contributed by atoms with van der Waals surface area (Å²) >= 11 is 0. The normalized spacial score (nSPS) is 41.2.